The van der Waals surface area contributed by atoms with E-state index in [0.29, 0.717) is 24.2 Å². The first kappa shape index (κ1) is 16.1. The standard InChI is InChI=1S/C16H23N5OS/c1-12(2)19(3)6-13-7-20-5-4-17-15(20)9-21(8-13)16(22)14-10-23-11-18-14/h4-5,10-13H,6-9H2,1-3H3/t13-/m1/s1. The fourth-order valence-corrected chi connectivity index (χ4v) is 3.44. The van der Waals surface area contributed by atoms with Gasteiger partial charge < -0.3 is 14.4 Å². The Kier molecular flexibility index (Phi) is 4.77. The molecule has 2 aromatic heterocycles. The molecule has 1 amide bonds. The molecule has 0 fully saturated rings. The van der Waals surface area contributed by atoms with E-state index in [-0.39, 0.29) is 5.91 Å². The molecule has 7 heteroatoms. The summed E-state index contributed by atoms with van der Waals surface area (Å²) in [7, 11) is 2.14. The molecule has 1 aliphatic heterocycles. The quantitative estimate of drug-likeness (QED) is 0.858. The Labute approximate surface area is 140 Å². The summed E-state index contributed by atoms with van der Waals surface area (Å²) in [5.74, 6) is 1.32. The molecule has 1 atom stereocenters. The molecular weight excluding hydrogens is 310 g/mol. The topological polar surface area (TPSA) is 54.3 Å². The third-order valence-corrected chi connectivity index (χ3v) is 5.02. The highest BCUT2D eigenvalue weighted by molar-refractivity contribution is 7.07. The van der Waals surface area contributed by atoms with Crippen LogP contribution in [0.3, 0.4) is 0 Å². The van der Waals surface area contributed by atoms with Gasteiger partial charge >= 0.3 is 0 Å². The fraction of sp³-hybridized carbons (Fsp3) is 0.562. The van der Waals surface area contributed by atoms with Crippen LogP contribution in [0.1, 0.15) is 30.2 Å². The van der Waals surface area contributed by atoms with Gasteiger partial charge in [-0.15, -0.1) is 11.3 Å². The molecule has 0 aromatic carbocycles. The Morgan fingerprint density at radius 3 is 2.96 bits per heavy atom. The van der Waals surface area contributed by atoms with Crippen LogP contribution in [0.25, 0.3) is 0 Å². The van der Waals surface area contributed by atoms with Crippen molar-refractivity contribution in [2.45, 2.75) is 33.0 Å². The summed E-state index contributed by atoms with van der Waals surface area (Å²) in [6, 6.07) is 0.489. The van der Waals surface area contributed by atoms with Gasteiger partial charge in [0.25, 0.3) is 5.91 Å². The number of carbonyl (C=O) groups is 1. The number of amides is 1. The van der Waals surface area contributed by atoms with Crippen LogP contribution in [0.2, 0.25) is 0 Å². The van der Waals surface area contributed by atoms with Crippen LogP contribution in [-0.4, -0.2) is 56.4 Å². The van der Waals surface area contributed by atoms with Gasteiger partial charge in [0.15, 0.2) is 0 Å². The number of hydrogen-bond donors (Lipinski definition) is 0. The molecule has 6 nitrogen and oxygen atoms in total. The zero-order valence-corrected chi connectivity index (χ0v) is 14.7. The molecule has 0 saturated heterocycles. The summed E-state index contributed by atoms with van der Waals surface area (Å²) < 4.78 is 2.17. The lowest BCUT2D eigenvalue weighted by atomic mass is 10.1. The van der Waals surface area contributed by atoms with Gasteiger partial charge in [0, 0.05) is 49.4 Å². The lowest BCUT2D eigenvalue weighted by Gasteiger charge is -2.29. The molecule has 1 aliphatic rings. The number of aromatic nitrogens is 3. The third-order valence-electron chi connectivity index (χ3n) is 4.43. The lowest BCUT2D eigenvalue weighted by Crippen LogP contribution is -2.40. The summed E-state index contributed by atoms with van der Waals surface area (Å²) in [5.41, 5.74) is 2.24. The second kappa shape index (κ2) is 6.80. The zero-order chi connectivity index (χ0) is 16.4. The van der Waals surface area contributed by atoms with Crippen molar-refractivity contribution in [2.24, 2.45) is 5.92 Å². The van der Waals surface area contributed by atoms with Gasteiger partial charge in [0.2, 0.25) is 0 Å². The van der Waals surface area contributed by atoms with E-state index in [1.165, 1.54) is 11.3 Å². The second-order valence-electron chi connectivity index (χ2n) is 6.45. The maximum absolute atomic E-state index is 12.7. The predicted molar refractivity (Wildman–Crippen MR) is 90.3 cm³/mol. The zero-order valence-electron chi connectivity index (χ0n) is 13.8. The van der Waals surface area contributed by atoms with E-state index in [2.05, 4.69) is 40.3 Å². The van der Waals surface area contributed by atoms with E-state index >= 15 is 0 Å². The number of nitrogens with zero attached hydrogens (tertiary/aromatic N) is 5. The lowest BCUT2D eigenvalue weighted by molar-refractivity contribution is 0.0697. The van der Waals surface area contributed by atoms with Gasteiger partial charge in [0.05, 0.1) is 12.1 Å². The smallest absolute Gasteiger partial charge is 0.273 e. The Hall–Kier alpha value is -1.73. The number of imidazole rings is 1. The van der Waals surface area contributed by atoms with Gasteiger partial charge in [0.1, 0.15) is 11.5 Å². The minimum atomic E-state index is -0.0000926. The molecule has 0 bridgehead atoms. The van der Waals surface area contributed by atoms with Crippen molar-refractivity contribution in [1.29, 1.82) is 0 Å². The van der Waals surface area contributed by atoms with Gasteiger partial charge in [-0.25, -0.2) is 9.97 Å². The van der Waals surface area contributed by atoms with E-state index in [1.807, 2.05) is 22.7 Å². The largest absolute Gasteiger partial charge is 0.333 e. The molecule has 0 spiro atoms. The molecule has 2 aromatic rings. The first-order chi connectivity index (χ1) is 11.0. The van der Waals surface area contributed by atoms with Crippen molar-refractivity contribution < 1.29 is 4.79 Å². The van der Waals surface area contributed by atoms with E-state index < -0.39 is 0 Å². The monoisotopic (exact) mass is 333 g/mol. The van der Waals surface area contributed by atoms with Gasteiger partial charge in [-0.1, -0.05) is 0 Å². The minimum Gasteiger partial charge on any atom is -0.333 e. The van der Waals surface area contributed by atoms with Crippen LogP contribution < -0.4 is 0 Å². The number of fused-ring (bicyclic) bond motifs is 1. The molecule has 0 aliphatic carbocycles. The Balaban J connectivity index is 1.81. The predicted octanol–water partition coefficient (Wildman–Crippen LogP) is 1.95. The fourth-order valence-electron chi connectivity index (χ4n) is 2.91. The average molecular weight is 333 g/mol. The maximum Gasteiger partial charge on any atom is 0.273 e. The Morgan fingerprint density at radius 2 is 2.26 bits per heavy atom. The summed E-state index contributed by atoms with van der Waals surface area (Å²) >= 11 is 1.45. The highest BCUT2D eigenvalue weighted by atomic mass is 32.1. The molecule has 0 radical (unpaired) electrons. The molecule has 0 saturated carbocycles. The van der Waals surface area contributed by atoms with Crippen molar-refractivity contribution in [1.82, 2.24) is 24.3 Å². The van der Waals surface area contributed by atoms with Crippen LogP contribution in [0.15, 0.2) is 23.3 Å². The van der Waals surface area contributed by atoms with E-state index in [9.17, 15) is 4.79 Å². The number of carbonyl (C=O) groups excluding carboxylic acids is 1. The van der Waals surface area contributed by atoms with Crippen molar-refractivity contribution in [3.05, 3.63) is 34.8 Å². The van der Waals surface area contributed by atoms with Crippen LogP contribution in [0, 0.1) is 5.92 Å². The maximum atomic E-state index is 12.7. The van der Waals surface area contributed by atoms with Gasteiger partial charge in [-0.2, -0.15) is 0 Å². The van der Waals surface area contributed by atoms with E-state index in [0.717, 1.165) is 25.5 Å². The normalized spacial score (nSPS) is 18.3. The van der Waals surface area contributed by atoms with Crippen molar-refractivity contribution >= 4 is 17.2 Å². The minimum absolute atomic E-state index is 0.0000926. The highest BCUT2D eigenvalue weighted by Crippen LogP contribution is 2.19. The van der Waals surface area contributed by atoms with Gasteiger partial charge in [-0.05, 0) is 20.9 Å². The average Bonchev–Trinajstić information content (AvgIpc) is 3.15. The molecule has 23 heavy (non-hydrogen) atoms. The summed E-state index contributed by atoms with van der Waals surface area (Å²) in [6.45, 7) is 7.51. The number of thiazole rings is 1. The van der Waals surface area contributed by atoms with Gasteiger partial charge in [-0.3, -0.25) is 4.79 Å². The highest BCUT2D eigenvalue weighted by Gasteiger charge is 2.28. The molecule has 3 rings (SSSR count). The molecule has 0 N–H and O–H groups in total. The molecular formula is C16H23N5OS. The Morgan fingerprint density at radius 1 is 1.43 bits per heavy atom. The van der Waals surface area contributed by atoms with Crippen molar-refractivity contribution in [3.8, 4) is 0 Å². The van der Waals surface area contributed by atoms with Crippen LogP contribution in [-0.2, 0) is 13.1 Å². The van der Waals surface area contributed by atoms with Crippen LogP contribution in [0.5, 0.6) is 0 Å². The number of hydrogen-bond acceptors (Lipinski definition) is 5. The molecule has 0 unspecified atom stereocenters. The van der Waals surface area contributed by atoms with Crippen molar-refractivity contribution in [2.75, 3.05) is 20.1 Å². The third kappa shape index (κ3) is 3.61. The summed E-state index contributed by atoms with van der Waals surface area (Å²) in [6.07, 6.45) is 3.82. The van der Waals surface area contributed by atoms with Crippen LogP contribution in [0.4, 0.5) is 0 Å². The summed E-state index contributed by atoms with van der Waals surface area (Å²) in [5, 5.41) is 1.81. The first-order valence-corrected chi connectivity index (χ1v) is 8.86. The van der Waals surface area contributed by atoms with E-state index in [1.54, 1.807) is 5.51 Å². The second-order valence-corrected chi connectivity index (χ2v) is 7.17. The molecule has 124 valence electrons. The SMILES string of the molecule is CC(C)N(C)C[C@H]1CN(C(=O)c2cscn2)Cc2nccn2C1. The number of rotatable bonds is 4. The van der Waals surface area contributed by atoms with Crippen molar-refractivity contribution in [3.63, 3.8) is 0 Å². The molecule has 3 heterocycles. The van der Waals surface area contributed by atoms with Crippen LogP contribution >= 0.6 is 11.3 Å². The first-order valence-electron chi connectivity index (χ1n) is 7.92. The van der Waals surface area contributed by atoms with E-state index in [4.69, 9.17) is 0 Å². The Bertz CT molecular complexity index is 651. The summed E-state index contributed by atoms with van der Waals surface area (Å²) in [4.78, 5) is 25.5.